The molecule has 1 aliphatic rings. The van der Waals surface area contributed by atoms with E-state index in [2.05, 4.69) is 15.3 Å². The van der Waals surface area contributed by atoms with Crippen molar-refractivity contribution >= 4 is 23.1 Å². The Labute approximate surface area is 134 Å². The van der Waals surface area contributed by atoms with Gasteiger partial charge >= 0.3 is 0 Å². The van der Waals surface area contributed by atoms with E-state index >= 15 is 0 Å². The van der Waals surface area contributed by atoms with Crippen molar-refractivity contribution < 1.29 is 4.79 Å². The topological polar surface area (TPSA) is 58.1 Å². The Morgan fingerprint density at radius 1 is 1.50 bits per heavy atom. The van der Waals surface area contributed by atoms with Gasteiger partial charge in [-0.05, 0) is 42.2 Å². The minimum atomic E-state index is 0.0694. The second-order valence-corrected chi connectivity index (χ2v) is 6.31. The van der Waals surface area contributed by atoms with E-state index in [-0.39, 0.29) is 11.9 Å². The van der Waals surface area contributed by atoms with Crippen LogP contribution < -0.4 is 5.32 Å². The van der Waals surface area contributed by atoms with Gasteiger partial charge in [0.15, 0.2) is 0 Å². The molecule has 0 saturated carbocycles. The number of amides is 1. The van der Waals surface area contributed by atoms with Gasteiger partial charge in [-0.1, -0.05) is 0 Å². The van der Waals surface area contributed by atoms with Gasteiger partial charge in [0.25, 0.3) is 0 Å². The minimum Gasteiger partial charge on any atom is -0.373 e. The largest absolute Gasteiger partial charge is 0.373 e. The van der Waals surface area contributed by atoms with E-state index in [1.165, 1.54) is 0 Å². The molecule has 1 amide bonds. The van der Waals surface area contributed by atoms with Crippen molar-refractivity contribution in [1.29, 1.82) is 0 Å². The first kappa shape index (κ1) is 15.0. The number of rotatable bonds is 4. The van der Waals surface area contributed by atoms with Gasteiger partial charge in [-0.15, -0.1) is 0 Å². The molecule has 2 aromatic rings. The molecule has 1 fully saturated rings. The van der Waals surface area contributed by atoms with Crippen molar-refractivity contribution in [3.63, 3.8) is 0 Å². The molecule has 1 N–H and O–H groups in total. The normalized spacial score (nSPS) is 17.7. The van der Waals surface area contributed by atoms with Crippen LogP contribution in [0.3, 0.4) is 0 Å². The fraction of sp³-hybridized carbons (Fsp3) is 0.438. The number of carbonyl (C=O) groups excluding carboxylic acids is 1. The molecule has 1 saturated heterocycles. The number of aryl methyl sites for hydroxylation is 1. The highest BCUT2D eigenvalue weighted by atomic mass is 32.1. The Balaban J connectivity index is 1.80. The zero-order valence-electron chi connectivity index (χ0n) is 12.9. The van der Waals surface area contributed by atoms with E-state index in [1.807, 2.05) is 41.8 Å². The third-order valence-corrected chi connectivity index (χ3v) is 4.70. The van der Waals surface area contributed by atoms with Crippen molar-refractivity contribution in [3.05, 3.63) is 40.0 Å². The highest BCUT2D eigenvalue weighted by Crippen LogP contribution is 2.32. The van der Waals surface area contributed by atoms with Gasteiger partial charge in [0.05, 0.1) is 18.2 Å². The quantitative estimate of drug-likeness (QED) is 0.942. The van der Waals surface area contributed by atoms with Gasteiger partial charge in [-0.2, -0.15) is 11.3 Å². The van der Waals surface area contributed by atoms with E-state index in [9.17, 15) is 4.79 Å². The Hall–Kier alpha value is -1.95. The number of carbonyl (C=O) groups is 1. The molecule has 5 nitrogen and oxygen atoms in total. The molecule has 22 heavy (non-hydrogen) atoms. The maximum absolute atomic E-state index is 12.6. The van der Waals surface area contributed by atoms with Crippen LogP contribution in [0.4, 0.5) is 5.82 Å². The molecule has 3 rings (SSSR count). The van der Waals surface area contributed by atoms with Crippen LogP contribution >= 0.6 is 11.3 Å². The highest BCUT2D eigenvalue weighted by Gasteiger charge is 2.31. The van der Waals surface area contributed by atoms with E-state index in [0.29, 0.717) is 6.42 Å². The highest BCUT2D eigenvalue weighted by molar-refractivity contribution is 7.07. The van der Waals surface area contributed by atoms with E-state index in [0.717, 1.165) is 42.3 Å². The minimum absolute atomic E-state index is 0.0694. The van der Waals surface area contributed by atoms with Crippen molar-refractivity contribution in [2.45, 2.75) is 32.2 Å². The predicted octanol–water partition coefficient (Wildman–Crippen LogP) is 2.79. The summed E-state index contributed by atoms with van der Waals surface area (Å²) in [6, 6.07) is 4.04. The van der Waals surface area contributed by atoms with Crippen LogP contribution in [-0.2, 0) is 11.2 Å². The van der Waals surface area contributed by atoms with Gasteiger partial charge in [-0.25, -0.2) is 9.97 Å². The van der Waals surface area contributed by atoms with Gasteiger partial charge in [-0.3, -0.25) is 4.79 Å². The lowest BCUT2D eigenvalue weighted by Gasteiger charge is -2.24. The summed E-state index contributed by atoms with van der Waals surface area (Å²) in [4.78, 5) is 23.5. The number of thiophene rings is 1. The predicted molar refractivity (Wildman–Crippen MR) is 88.0 cm³/mol. The second-order valence-electron chi connectivity index (χ2n) is 5.53. The molecular formula is C16H20N4OS. The fourth-order valence-electron chi connectivity index (χ4n) is 2.93. The average Bonchev–Trinajstić information content (AvgIpc) is 3.17. The monoisotopic (exact) mass is 316 g/mol. The van der Waals surface area contributed by atoms with Crippen molar-refractivity contribution in [2.75, 3.05) is 18.9 Å². The smallest absolute Gasteiger partial charge is 0.227 e. The number of nitrogens with zero attached hydrogens (tertiary/aromatic N) is 3. The standard InChI is InChI=1S/C16H20N4OS/c1-11-18-13(9-15(17-2)19-11)14-4-3-6-20(14)16(21)8-12-5-7-22-10-12/h5,7,9-10,14H,3-4,6,8H2,1-2H3,(H,17,18,19). The lowest BCUT2D eigenvalue weighted by Crippen LogP contribution is -2.32. The van der Waals surface area contributed by atoms with Crippen molar-refractivity contribution in [2.24, 2.45) is 0 Å². The molecular weight excluding hydrogens is 296 g/mol. The van der Waals surface area contributed by atoms with Gasteiger partial charge in [0.2, 0.25) is 5.91 Å². The number of aromatic nitrogens is 2. The molecule has 3 heterocycles. The summed E-state index contributed by atoms with van der Waals surface area (Å²) in [5.74, 6) is 1.72. The number of anilines is 1. The molecule has 0 bridgehead atoms. The molecule has 1 unspecified atom stereocenters. The Morgan fingerprint density at radius 2 is 2.36 bits per heavy atom. The lowest BCUT2D eigenvalue weighted by atomic mass is 10.1. The maximum atomic E-state index is 12.6. The summed E-state index contributed by atoms with van der Waals surface area (Å²) in [5.41, 5.74) is 2.03. The summed E-state index contributed by atoms with van der Waals surface area (Å²) < 4.78 is 0. The van der Waals surface area contributed by atoms with Crippen LogP contribution in [0.2, 0.25) is 0 Å². The lowest BCUT2D eigenvalue weighted by molar-refractivity contribution is -0.131. The first-order valence-corrected chi connectivity index (χ1v) is 8.45. The zero-order chi connectivity index (χ0) is 15.5. The van der Waals surface area contributed by atoms with Gasteiger partial charge < -0.3 is 10.2 Å². The van der Waals surface area contributed by atoms with Gasteiger partial charge in [0.1, 0.15) is 11.6 Å². The molecule has 1 aliphatic heterocycles. The molecule has 0 radical (unpaired) electrons. The Kier molecular flexibility index (Phi) is 4.38. The summed E-state index contributed by atoms with van der Waals surface area (Å²) in [5, 5.41) is 7.11. The molecule has 116 valence electrons. The number of hydrogen-bond donors (Lipinski definition) is 1. The van der Waals surface area contributed by atoms with E-state index < -0.39 is 0 Å². The van der Waals surface area contributed by atoms with Crippen LogP contribution in [0.5, 0.6) is 0 Å². The van der Waals surface area contributed by atoms with Crippen LogP contribution in [-0.4, -0.2) is 34.4 Å². The van der Waals surface area contributed by atoms with Crippen LogP contribution in [0.1, 0.15) is 36.0 Å². The number of nitrogens with one attached hydrogen (secondary N) is 1. The van der Waals surface area contributed by atoms with Crippen LogP contribution in [0, 0.1) is 6.92 Å². The Morgan fingerprint density at radius 3 is 3.09 bits per heavy atom. The first-order chi connectivity index (χ1) is 10.7. The molecule has 0 spiro atoms. The molecule has 0 aromatic carbocycles. The number of likely N-dealkylation sites (tertiary alicyclic amines) is 1. The summed E-state index contributed by atoms with van der Waals surface area (Å²) in [6.45, 7) is 2.70. The Bertz CT molecular complexity index is 656. The second kappa shape index (κ2) is 6.44. The third kappa shape index (κ3) is 3.11. The fourth-order valence-corrected chi connectivity index (χ4v) is 3.60. The van der Waals surface area contributed by atoms with Crippen molar-refractivity contribution in [3.8, 4) is 0 Å². The number of hydrogen-bond acceptors (Lipinski definition) is 5. The van der Waals surface area contributed by atoms with Crippen LogP contribution in [0.15, 0.2) is 22.9 Å². The summed E-state index contributed by atoms with van der Waals surface area (Å²) in [7, 11) is 1.85. The molecule has 1 atom stereocenters. The maximum Gasteiger partial charge on any atom is 0.227 e. The molecule has 2 aromatic heterocycles. The summed E-state index contributed by atoms with van der Waals surface area (Å²) in [6.07, 6.45) is 2.47. The average molecular weight is 316 g/mol. The van der Waals surface area contributed by atoms with E-state index in [4.69, 9.17) is 0 Å². The molecule has 6 heteroatoms. The first-order valence-electron chi connectivity index (χ1n) is 7.51. The van der Waals surface area contributed by atoms with Crippen molar-refractivity contribution in [1.82, 2.24) is 14.9 Å². The zero-order valence-corrected chi connectivity index (χ0v) is 13.7. The third-order valence-electron chi connectivity index (χ3n) is 3.96. The summed E-state index contributed by atoms with van der Waals surface area (Å²) >= 11 is 1.63. The molecule has 0 aliphatic carbocycles. The van der Waals surface area contributed by atoms with Gasteiger partial charge in [0, 0.05) is 19.7 Å². The SMILES string of the molecule is CNc1cc(C2CCCN2C(=O)Cc2ccsc2)nc(C)n1. The van der Waals surface area contributed by atoms with Crippen LogP contribution in [0.25, 0.3) is 0 Å². The van der Waals surface area contributed by atoms with E-state index in [1.54, 1.807) is 11.3 Å².